The van der Waals surface area contributed by atoms with Crippen molar-refractivity contribution in [2.75, 3.05) is 0 Å². The van der Waals surface area contributed by atoms with Crippen molar-refractivity contribution in [3.05, 3.63) is 33.3 Å². The van der Waals surface area contributed by atoms with Gasteiger partial charge in [0.25, 0.3) is 0 Å². The van der Waals surface area contributed by atoms with Crippen LogP contribution in [0.3, 0.4) is 0 Å². The summed E-state index contributed by atoms with van der Waals surface area (Å²) < 4.78 is 7.68. The molecule has 0 unspecified atom stereocenters. The van der Waals surface area contributed by atoms with Crippen LogP contribution in [-0.2, 0) is 4.79 Å². The topological polar surface area (TPSA) is 68.6 Å². The second-order valence-corrected chi connectivity index (χ2v) is 6.11. The van der Waals surface area contributed by atoms with Crippen LogP contribution in [0.15, 0.2) is 21.9 Å². The van der Waals surface area contributed by atoms with Crippen LogP contribution in [0.1, 0.15) is 43.5 Å². The SMILES string of the molecule is O=C1/C(=C/c2csnn2)CCCCC/C1=C\c1csnn1. The van der Waals surface area contributed by atoms with E-state index in [1.807, 2.05) is 22.9 Å². The minimum absolute atomic E-state index is 0.107. The largest absolute Gasteiger partial charge is 0.289 e. The number of Topliss-reactive ketones (excluding diaryl/α,β-unsaturated/α-hetero) is 1. The van der Waals surface area contributed by atoms with Crippen LogP contribution in [0.4, 0.5) is 0 Å². The molecule has 7 heteroatoms. The molecule has 0 saturated heterocycles. The summed E-state index contributed by atoms with van der Waals surface area (Å²) in [5, 5.41) is 11.7. The third-order valence-electron chi connectivity index (χ3n) is 3.37. The predicted octanol–water partition coefficient (Wildman–Crippen LogP) is 3.39. The smallest absolute Gasteiger partial charge is 0.185 e. The van der Waals surface area contributed by atoms with Gasteiger partial charge < -0.3 is 0 Å². The highest BCUT2D eigenvalue weighted by molar-refractivity contribution is 7.03. The highest BCUT2D eigenvalue weighted by atomic mass is 32.1. The van der Waals surface area contributed by atoms with E-state index in [1.165, 1.54) is 23.1 Å². The second kappa shape index (κ2) is 6.82. The number of carbonyl (C=O) groups excluding carboxylic acids is 1. The third kappa shape index (κ3) is 3.68. The lowest BCUT2D eigenvalue weighted by molar-refractivity contribution is -0.112. The van der Waals surface area contributed by atoms with E-state index in [-0.39, 0.29) is 5.78 Å². The van der Waals surface area contributed by atoms with Crippen LogP contribution in [0.25, 0.3) is 12.2 Å². The van der Waals surface area contributed by atoms with Gasteiger partial charge in [0.05, 0.1) is 11.4 Å². The molecule has 1 saturated carbocycles. The first-order chi connectivity index (χ1) is 10.3. The van der Waals surface area contributed by atoms with E-state index in [2.05, 4.69) is 19.2 Å². The van der Waals surface area contributed by atoms with Crippen molar-refractivity contribution in [1.82, 2.24) is 19.2 Å². The van der Waals surface area contributed by atoms with Gasteiger partial charge in [0.1, 0.15) is 0 Å². The van der Waals surface area contributed by atoms with Crippen molar-refractivity contribution in [3.8, 4) is 0 Å². The Morgan fingerprint density at radius 2 is 1.38 bits per heavy atom. The fraction of sp³-hybridized carbons (Fsp3) is 0.357. The van der Waals surface area contributed by atoms with Crippen molar-refractivity contribution in [3.63, 3.8) is 0 Å². The Labute approximate surface area is 130 Å². The van der Waals surface area contributed by atoms with Gasteiger partial charge in [-0.15, -0.1) is 10.2 Å². The van der Waals surface area contributed by atoms with Gasteiger partial charge in [-0.2, -0.15) is 0 Å². The summed E-state index contributed by atoms with van der Waals surface area (Å²) in [5.74, 6) is 0.107. The summed E-state index contributed by atoms with van der Waals surface area (Å²) in [6, 6.07) is 0. The van der Waals surface area contributed by atoms with E-state index in [9.17, 15) is 4.79 Å². The van der Waals surface area contributed by atoms with Crippen LogP contribution < -0.4 is 0 Å². The van der Waals surface area contributed by atoms with Crippen molar-refractivity contribution in [2.45, 2.75) is 32.1 Å². The molecule has 21 heavy (non-hydrogen) atoms. The van der Waals surface area contributed by atoms with E-state index in [4.69, 9.17) is 0 Å². The highest BCUT2D eigenvalue weighted by Crippen LogP contribution is 2.26. The summed E-state index contributed by atoms with van der Waals surface area (Å²) >= 11 is 2.59. The Bertz CT molecular complexity index is 603. The quantitative estimate of drug-likeness (QED) is 0.794. The molecule has 2 heterocycles. The van der Waals surface area contributed by atoms with E-state index >= 15 is 0 Å². The first-order valence-electron chi connectivity index (χ1n) is 6.83. The Hall–Kier alpha value is -1.73. The number of nitrogens with zero attached hydrogens (tertiary/aromatic N) is 4. The zero-order valence-electron chi connectivity index (χ0n) is 11.4. The summed E-state index contributed by atoms with van der Waals surface area (Å²) in [5.41, 5.74) is 3.16. The molecule has 0 aliphatic heterocycles. The summed E-state index contributed by atoms with van der Waals surface area (Å²) in [4.78, 5) is 12.7. The number of carbonyl (C=O) groups is 1. The molecule has 1 aliphatic carbocycles. The number of hydrogen-bond acceptors (Lipinski definition) is 7. The lowest BCUT2D eigenvalue weighted by atomic mass is 9.90. The van der Waals surface area contributed by atoms with Crippen LogP contribution in [0.2, 0.25) is 0 Å². The lowest BCUT2D eigenvalue weighted by Crippen LogP contribution is -2.09. The third-order valence-corrected chi connectivity index (χ3v) is 4.42. The number of rotatable bonds is 2. The maximum Gasteiger partial charge on any atom is 0.185 e. The molecule has 108 valence electrons. The summed E-state index contributed by atoms with van der Waals surface area (Å²) in [7, 11) is 0. The average molecular weight is 318 g/mol. The van der Waals surface area contributed by atoms with Crippen LogP contribution in [-0.4, -0.2) is 25.0 Å². The van der Waals surface area contributed by atoms with Crippen molar-refractivity contribution in [1.29, 1.82) is 0 Å². The molecule has 0 radical (unpaired) electrons. The molecular formula is C14H14N4OS2. The highest BCUT2D eigenvalue weighted by Gasteiger charge is 2.18. The summed E-state index contributed by atoms with van der Waals surface area (Å²) in [6.07, 6.45) is 8.54. The standard InChI is InChI=1S/C14H14N4OS2/c19-14-10(6-12-8-20-17-15-12)4-2-1-3-5-11(14)7-13-9-21-18-16-13/h6-9H,1-5H2/b10-6+,11-7+. The average Bonchev–Trinajstić information content (AvgIpc) is 3.15. The monoisotopic (exact) mass is 318 g/mol. The van der Waals surface area contributed by atoms with E-state index in [0.29, 0.717) is 0 Å². The number of aromatic nitrogens is 4. The zero-order chi connectivity index (χ0) is 14.5. The number of allylic oxidation sites excluding steroid dienone is 2. The van der Waals surface area contributed by atoms with Crippen LogP contribution >= 0.6 is 23.1 Å². The first kappa shape index (κ1) is 14.2. The van der Waals surface area contributed by atoms with Gasteiger partial charge in [-0.05, 0) is 60.9 Å². The Kier molecular flexibility index (Phi) is 4.62. The van der Waals surface area contributed by atoms with Crippen molar-refractivity contribution in [2.24, 2.45) is 0 Å². The van der Waals surface area contributed by atoms with Crippen molar-refractivity contribution < 1.29 is 4.79 Å². The Balaban J connectivity index is 1.91. The molecule has 1 fully saturated rings. The molecule has 0 aromatic carbocycles. The number of ketones is 1. The van der Waals surface area contributed by atoms with Gasteiger partial charge in [0.15, 0.2) is 5.78 Å². The fourth-order valence-electron chi connectivity index (χ4n) is 2.34. The molecule has 2 aromatic heterocycles. The zero-order valence-corrected chi connectivity index (χ0v) is 13.0. The molecule has 5 nitrogen and oxygen atoms in total. The second-order valence-electron chi connectivity index (χ2n) is 4.89. The molecule has 2 aromatic rings. The fourth-order valence-corrected chi connectivity index (χ4v) is 3.17. The van der Waals surface area contributed by atoms with Gasteiger partial charge in [0.2, 0.25) is 0 Å². The molecule has 0 N–H and O–H groups in total. The van der Waals surface area contributed by atoms with Gasteiger partial charge in [-0.25, -0.2) is 0 Å². The molecule has 0 atom stereocenters. The first-order valence-corrected chi connectivity index (χ1v) is 8.50. The Morgan fingerprint density at radius 1 is 0.857 bits per heavy atom. The molecular weight excluding hydrogens is 304 g/mol. The van der Waals surface area contributed by atoms with E-state index in [0.717, 1.165) is 54.6 Å². The minimum Gasteiger partial charge on any atom is -0.289 e. The van der Waals surface area contributed by atoms with Crippen LogP contribution in [0.5, 0.6) is 0 Å². The van der Waals surface area contributed by atoms with E-state index < -0.39 is 0 Å². The minimum atomic E-state index is 0.107. The summed E-state index contributed by atoms with van der Waals surface area (Å²) in [6.45, 7) is 0. The van der Waals surface area contributed by atoms with Gasteiger partial charge >= 0.3 is 0 Å². The normalized spacial score (nSPS) is 20.7. The molecule has 1 aliphatic rings. The maximum absolute atomic E-state index is 12.7. The number of hydrogen-bond donors (Lipinski definition) is 0. The molecule has 0 amide bonds. The van der Waals surface area contributed by atoms with Gasteiger partial charge in [-0.3, -0.25) is 4.79 Å². The van der Waals surface area contributed by atoms with Crippen LogP contribution in [0, 0.1) is 0 Å². The maximum atomic E-state index is 12.7. The Morgan fingerprint density at radius 3 is 1.81 bits per heavy atom. The molecule has 0 bridgehead atoms. The predicted molar refractivity (Wildman–Crippen MR) is 83.9 cm³/mol. The van der Waals surface area contributed by atoms with Gasteiger partial charge in [0, 0.05) is 21.9 Å². The van der Waals surface area contributed by atoms with Crippen molar-refractivity contribution >= 4 is 41.0 Å². The lowest BCUT2D eigenvalue weighted by Gasteiger charge is -2.13. The van der Waals surface area contributed by atoms with Gasteiger partial charge in [-0.1, -0.05) is 15.4 Å². The molecule has 0 spiro atoms. The molecule has 3 rings (SSSR count). The van der Waals surface area contributed by atoms with E-state index in [1.54, 1.807) is 0 Å².